The van der Waals surface area contributed by atoms with E-state index in [-0.39, 0.29) is 17.2 Å². The van der Waals surface area contributed by atoms with E-state index in [1.807, 2.05) is 44.2 Å². The van der Waals surface area contributed by atoms with Gasteiger partial charge in [-0.2, -0.15) is 0 Å². The summed E-state index contributed by atoms with van der Waals surface area (Å²) in [5.74, 6) is 2.53. The van der Waals surface area contributed by atoms with Crippen LogP contribution in [0.1, 0.15) is 70.4 Å². The first-order valence-corrected chi connectivity index (χ1v) is 11.4. The number of hydrogen-bond donors (Lipinski definition) is 2. The number of nitrogens with one attached hydrogen (secondary N) is 2. The van der Waals surface area contributed by atoms with Gasteiger partial charge in [0.2, 0.25) is 11.8 Å². The number of likely N-dealkylation sites (N-methyl/N-ethyl adjacent to an activating group) is 1. The fourth-order valence-electron chi connectivity index (χ4n) is 6.69. The molecule has 158 valence electrons. The maximum atomic E-state index is 13.0. The molecule has 29 heavy (non-hydrogen) atoms. The van der Waals surface area contributed by atoms with Crippen molar-refractivity contribution in [1.29, 1.82) is 0 Å². The first-order chi connectivity index (χ1) is 14.0. The van der Waals surface area contributed by atoms with Crippen molar-refractivity contribution in [2.45, 2.75) is 64.8 Å². The molecule has 4 fully saturated rings. The van der Waals surface area contributed by atoms with Crippen LogP contribution < -0.4 is 10.9 Å². The summed E-state index contributed by atoms with van der Waals surface area (Å²) < 4.78 is 0. The van der Waals surface area contributed by atoms with Gasteiger partial charge in [-0.05, 0) is 81.1 Å². The van der Waals surface area contributed by atoms with Crippen LogP contribution in [0.4, 0.5) is 0 Å². The Morgan fingerprint density at radius 3 is 2.07 bits per heavy atom. The van der Waals surface area contributed by atoms with E-state index in [9.17, 15) is 9.59 Å². The lowest BCUT2D eigenvalue weighted by Gasteiger charge is -2.56. The van der Waals surface area contributed by atoms with E-state index < -0.39 is 6.04 Å². The van der Waals surface area contributed by atoms with Crippen LogP contribution in [0.25, 0.3) is 0 Å². The summed E-state index contributed by atoms with van der Waals surface area (Å²) >= 11 is 0. The Hall–Kier alpha value is -1.88. The zero-order valence-electron chi connectivity index (χ0n) is 17.8. The van der Waals surface area contributed by atoms with Crippen molar-refractivity contribution >= 4 is 11.8 Å². The molecule has 1 unspecified atom stereocenters. The fraction of sp³-hybridized carbons (Fsp3) is 0.667. The highest BCUT2D eigenvalue weighted by Gasteiger charge is 2.51. The van der Waals surface area contributed by atoms with Gasteiger partial charge in [0.15, 0.2) is 0 Å². The lowest BCUT2D eigenvalue weighted by Crippen LogP contribution is -2.51. The molecule has 0 aromatic heterocycles. The molecule has 4 aliphatic carbocycles. The molecule has 5 nitrogen and oxygen atoms in total. The van der Waals surface area contributed by atoms with Crippen LogP contribution in [-0.4, -0.2) is 29.8 Å². The normalized spacial score (nSPS) is 30.8. The second kappa shape index (κ2) is 8.47. The third kappa shape index (κ3) is 4.35. The zero-order chi connectivity index (χ0) is 20.4. The van der Waals surface area contributed by atoms with E-state index >= 15 is 0 Å². The number of nitrogens with zero attached hydrogens (tertiary/aromatic N) is 1. The Labute approximate surface area is 174 Å². The van der Waals surface area contributed by atoms with Gasteiger partial charge in [-0.25, -0.2) is 5.43 Å². The minimum atomic E-state index is -0.559. The molecule has 1 aromatic carbocycles. The Morgan fingerprint density at radius 1 is 1.00 bits per heavy atom. The largest absolute Gasteiger partial charge is 0.342 e. The molecule has 0 saturated heterocycles. The SMILES string of the molecule is CCN(CC)C(=O)C(NNC(=O)CC12CC3CC(CC(C3)C1)C2)c1ccccc1. The highest BCUT2D eigenvalue weighted by Crippen LogP contribution is 2.61. The molecule has 0 spiro atoms. The number of benzene rings is 1. The molecule has 1 atom stereocenters. The van der Waals surface area contributed by atoms with Crippen LogP contribution in [0, 0.1) is 23.2 Å². The van der Waals surface area contributed by atoms with E-state index in [4.69, 9.17) is 0 Å². The van der Waals surface area contributed by atoms with Gasteiger partial charge >= 0.3 is 0 Å². The Morgan fingerprint density at radius 2 is 1.55 bits per heavy atom. The minimum absolute atomic E-state index is 0.00342. The number of carbonyl (C=O) groups is 2. The molecule has 1 aromatic rings. The summed E-state index contributed by atoms with van der Waals surface area (Å²) in [4.78, 5) is 27.7. The van der Waals surface area contributed by atoms with Crippen LogP contribution in [0.15, 0.2) is 30.3 Å². The molecular formula is C24H35N3O2. The van der Waals surface area contributed by atoms with Crippen LogP contribution >= 0.6 is 0 Å². The highest BCUT2D eigenvalue weighted by atomic mass is 16.2. The van der Waals surface area contributed by atoms with Gasteiger partial charge in [-0.3, -0.25) is 15.0 Å². The van der Waals surface area contributed by atoms with E-state index in [1.165, 1.54) is 38.5 Å². The predicted molar refractivity (Wildman–Crippen MR) is 114 cm³/mol. The second-order valence-electron chi connectivity index (χ2n) is 9.64. The van der Waals surface area contributed by atoms with Crippen molar-refractivity contribution in [2.75, 3.05) is 13.1 Å². The maximum absolute atomic E-state index is 13.0. The molecule has 4 saturated carbocycles. The van der Waals surface area contributed by atoms with E-state index in [0.29, 0.717) is 19.5 Å². The molecule has 0 aliphatic heterocycles. The third-order valence-electron chi connectivity index (χ3n) is 7.51. The summed E-state index contributed by atoms with van der Waals surface area (Å²) in [5.41, 5.74) is 7.05. The van der Waals surface area contributed by atoms with Crippen LogP contribution in [0.5, 0.6) is 0 Å². The van der Waals surface area contributed by atoms with Gasteiger partial charge in [0.05, 0.1) is 0 Å². The second-order valence-corrected chi connectivity index (χ2v) is 9.64. The van der Waals surface area contributed by atoms with Crippen molar-refractivity contribution in [3.05, 3.63) is 35.9 Å². The molecule has 2 N–H and O–H groups in total. The summed E-state index contributed by atoms with van der Waals surface area (Å²) in [6, 6.07) is 9.10. The molecule has 0 radical (unpaired) electrons. The van der Waals surface area contributed by atoms with Gasteiger partial charge in [0.25, 0.3) is 0 Å². The van der Waals surface area contributed by atoms with Gasteiger partial charge in [0, 0.05) is 19.5 Å². The third-order valence-corrected chi connectivity index (χ3v) is 7.51. The first-order valence-electron chi connectivity index (χ1n) is 11.4. The van der Waals surface area contributed by atoms with Gasteiger partial charge in [-0.1, -0.05) is 30.3 Å². The molecule has 4 aliphatic rings. The van der Waals surface area contributed by atoms with Crippen molar-refractivity contribution in [3.8, 4) is 0 Å². The predicted octanol–water partition coefficient (Wildman–Crippen LogP) is 3.82. The lowest BCUT2D eigenvalue weighted by atomic mass is 9.49. The Balaban J connectivity index is 1.41. The summed E-state index contributed by atoms with van der Waals surface area (Å²) in [5, 5.41) is 0. The van der Waals surface area contributed by atoms with Crippen LogP contribution in [0.3, 0.4) is 0 Å². The number of carbonyl (C=O) groups excluding carboxylic acids is 2. The topological polar surface area (TPSA) is 61.4 Å². The van der Waals surface area contributed by atoms with Crippen LogP contribution in [-0.2, 0) is 9.59 Å². The van der Waals surface area contributed by atoms with Gasteiger partial charge in [0.1, 0.15) is 6.04 Å². The van der Waals surface area contributed by atoms with Crippen molar-refractivity contribution in [2.24, 2.45) is 23.2 Å². The number of hydrazine groups is 1. The van der Waals surface area contributed by atoms with Crippen molar-refractivity contribution < 1.29 is 9.59 Å². The molecule has 0 heterocycles. The number of hydrogen-bond acceptors (Lipinski definition) is 3. The van der Waals surface area contributed by atoms with E-state index in [1.54, 1.807) is 4.90 Å². The molecule has 5 heteroatoms. The van der Waals surface area contributed by atoms with E-state index in [2.05, 4.69) is 10.9 Å². The fourth-order valence-corrected chi connectivity index (χ4v) is 6.69. The van der Waals surface area contributed by atoms with Gasteiger partial charge < -0.3 is 4.90 Å². The summed E-state index contributed by atoms with van der Waals surface area (Å²) in [6.07, 6.45) is 8.38. The van der Waals surface area contributed by atoms with Crippen LogP contribution in [0.2, 0.25) is 0 Å². The van der Waals surface area contributed by atoms with Crippen molar-refractivity contribution in [1.82, 2.24) is 15.8 Å². The lowest BCUT2D eigenvalue weighted by molar-refractivity contribution is -0.135. The highest BCUT2D eigenvalue weighted by molar-refractivity contribution is 5.84. The maximum Gasteiger partial charge on any atom is 0.246 e. The Bertz CT molecular complexity index is 694. The quantitative estimate of drug-likeness (QED) is 0.656. The zero-order valence-corrected chi connectivity index (χ0v) is 17.8. The Kier molecular flexibility index (Phi) is 5.95. The average molecular weight is 398 g/mol. The monoisotopic (exact) mass is 397 g/mol. The molecule has 2 amide bonds. The van der Waals surface area contributed by atoms with Gasteiger partial charge in [-0.15, -0.1) is 0 Å². The molecule has 4 bridgehead atoms. The summed E-state index contributed by atoms with van der Waals surface area (Å²) in [6.45, 7) is 5.27. The smallest absolute Gasteiger partial charge is 0.246 e. The van der Waals surface area contributed by atoms with Crippen molar-refractivity contribution in [3.63, 3.8) is 0 Å². The summed E-state index contributed by atoms with van der Waals surface area (Å²) in [7, 11) is 0. The number of amides is 2. The van der Waals surface area contributed by atoms with E-state index in [0.717, 1.165) is 23.3 Å². The first kappa shape index (κ1) is 20.4. The average Bonchev–Trinajstić information content (AvgIpc) is 2.68. The minimum Gasteiger partial charge on any atom is -0.342 e. The molecule has 5 rings (SSSR count). The number of rotatable bonds is 8. The molecular weight excluding hydrogens is 362 g/mol. The standard InChI is InChI=1S/C24H35N3O2/c1-3-27(4-2)23(29)22(20-8-6-5-7-9-20)26-25-21(28)16-24-13-17-10-18(14-24)12-19(11-17)15-24/h5-9,17-19,22,26H,3-4,10-16H2,1-2H3,(H,25,28).